The fourth-order valence-electron chi connectivity index (χ4n) is 3.27. The molecule has 2 aromatic rings. The first kappa shape index (κ1) is 21.5. The molecule has 3 rings (SSSR count). The van der Waals surface area contributed by atoms with Crippen molar-refractivity contribution in [1.82, 2.24) is 0 Å². The van der Waals surface area contributed by atoms with Crippen LogP contribution < -0.4 is 23.8 Å². The molecule has 0 N–H and O–H groups in total. The fraction of sp³-hybridized carbons (Fsp3) is 0.286. The van der Waals surface area contributed by atoms with E-state index in [9.17, 15) is 13.2 Å². The maximum Gasteiger partial charge on any atom is 0.259 e. The number of sulfone groups is 1. The fourth-order valence-corrected chi connectivity index (χ4v) is 4.53. The Morgan fingerprint density at radius 3 is 1.97 bits per heavy atom. The van der Waals surface area contributed by atoms with E-state index in [2.05, 4.69) is 0 Å². The van der Waals surface area contributed by atoms with Gasteiger partial charge in [0.25, 0.3) is 5.91 Å². The number of hydrogen-bond donors (Lipinski definition) is 0. The molecule has 0 fully saturated rings. The van der Waals surface area contributed by atoms with Crippen molar-refractivity contribution in [2.75, 3.05) is 39.1 Å². The minimum Gasteiger partial charge on any atom is -0.497 e. The predicted octanol–water partition coefficient (Wildman–Crippen LogP) is 2.68. The van der Waals surface area contributed by atoms with Gasteiger partial charge < -0.3 is 23.8 Å². The van der Waals surface area contributed by atoms with E-state index in [1.54, 1.807) is 31.4 Å². The highest BCUT2D eigenvalue weighted by molar-refractivity contribution is 7.94. The van der Waals surface area contributed by atoms with E-state index in [0.717, 1.165) is 5.41 Å². The Kier molecular flexibility index (Phi) is 6.21. The van der Waals surface area contributed by atoms with Crippen LogP contribution in [-0.2, 0) is 9.84 Å². The first-order valence-electron chi connectivity index (χ1n) is 9.02. The van der Waals surface area contributed by atoms with E-state index < -0.39 is 21.8 Å². The van der Waals surface area contributed by atoms with Crippen LogP contribution >= 0.6 is 0 Å². The van der Waals surface area contributed by atoms with E-state index >= 15 is 0 Å². The zero-order chi connectivity index (χ0) is 21.9. The number of benzene rings is 2. The van der Waals surface area contributed by atoms with Gasteiger partial charge in [0, 0.05) is 16.7 Å². The summed E-state index contributed by atoms with van der Waals surface area (Å²) < 4.78 is 45.2. The SMILES string of the molecule is COc1ccc(N(C(=O)c2cc(OC)c(OC)c(OC)c2)[C@H]2C=CS(=O)(=O)C2)cc1. The van der Waals surface area contributed by atoms with E-state index in [-0.39, 0.29) is 11.3 Å². The van der Waals surface area contributed by atoms with Gasteiger partial charge >= 0.3 is 0 Å². The minimum atomic E-state index is -3.38. The standard InChI is InChI=1S/C21H23NO7S/c1-26-17-7-5-15(6-8-17)22(16-9-10-30(24,25)13-16)21(23)14-11-18(27-2)20(29-4)19(12-14)28-3/h5-12,16H,13H2,1-4H3/t16-/m0/s1. The lowest BCUT2D eigenvalue weighted by Crippen LogP contribution is -2.41. The van der Waals surface area contributed by atoms with Crippen molar-refractivity contribution >= 4 is 21.4 Å². The third-order valence-corrected chi connectivity index (χ3v) is 6.10. The largest absolute Gasteiger partial charge is 0.497 e. The molecular weight excluding hydrogens is 410 g/mol. The molecule has 0 saturated carbocycles. The quantitative estimate of drug-likeness (QED) is 0.663. The Labute approximate surface area is 175 Å². The van der Waals surface area contributed by atoms with Crippen LogP contribution in [0.5, 0.6) is 23.0 Å². The Morgan fingerprint density at radius 1 is 0.933 bits per heavy atom. The van der Waals surface area contributed by atoms with E-state index in [0.29, 0.717) is 28.7 Å². The van der Waals surface area contributed by atoms with Gasteiger partial charge in [-0.05, 0) is 42.5 Å². The maximum absolute atomic E-state index is 13.5. The summed E-state index contributed by atoms with van der Waals surface area (Å²) in [7, 11) is 2.55. The number of rotatable bonds is 7. The number of carbonyl (C=O) groups excluding carboxylic acids is 1. The molecule has 1 amide bonds. The molecule has 0 radical (unpaired) electrons. The van der Waals surface area contributed by atoms with Gasteiger partial charge in [0.05, 0.1) is 40.2 Å². The van der Waals surface area contributed by atoms with Gasteiger partial charge in [0.2, 0.25) is 5.75 Å². The third kappa shape index (κ3) is 4.20. The average molecular weight is 433 g/mol. The van der Waals surface area contributed by atoms with Crippen LogP contribution in [0.15, 0.2) is 47.9 Å². The molecular formula is C21H23NO7S. The van der Waals surface area contributed by atoms with Crippen molar-refractivity contribution in [3.05, 3.63) is 53.4 Å². The Balaban J connectivity index is 2.09. The first-order chi connectivity index (χ1) is 14.3. The van der Waals surface area contributed by atoms with Crippen LogP contribution in [0.2, 0.25) is 0 Å². The normalized spacial score (nSPS) is 16.7. The van der Waals surface area contributed by atoms with Gasteiger partial charge in [0.15, 0.2) is 21.3 Å². The van der Waals surface area contributed by atoms with Gasteiger partial charge in [0.1, 0.15) is 5.75 Å². The van der Waals surface area contributed by atoms with Gasteiger partial charge in [-0.3, -0.25) is 4.79 Å². The molecule has 1 aliphatic heterocycles. The lowest BCUT2D eigenvalue weighted by molar-refractivity contribution is 0.0982. The average Bonchev–Trinajstić information content (AvgIpc) is 3.12. The lowest BCUT2D eigenvalue weighted by atomic mass is 10.1. The van der Waals surface area contributed by atoms with Crippen molar-refractivity contribution < 1.29 is 32.2 Å². The highest BCUT2D eigenvalue weighted by atomic mass is 32.2. The molecule has 0 saturated heterocycles. The van der Waals surface area contributed by atoms with Crippen molar-refractivity contribution in [2.45, 2.75) is 6.04 Å². The second kappa shape index (κ2) is 8.66. The second-order valence-electron chi connectivity index (χ2n) is 6.51. The van der Waals surface area contributed by atoms with Gasteiger partial charge in [-0.25, -0.2) is 8.42 Å². The minimum absolute atomic E-state index is 0.199. The summed E-state index contributed by atoms with van der Waals surface area (Å²) in [6, 6.07) is 9.23. The molecule has 1 heterocycles. The molecule has 0 aromatic heterocycles. The molecule has 0 spiro atoms. The van der Waals surface area contributed by atoms with Crippen LogP contribution in [0, 0.1) is 0 Å². The molecule has 160 valence electrons. The van der Waals surface area contributed by atoms with Crippen molar-refractivity contribution in [1.29, 1.82) is 0 Å². The molecule has 1 atom stereocenters. The highest BCUT2D eigenvalue weighted by Gasteiger charge is 2.33. The maximum atomic E-state index is 13.5. The van der Waals surface area contributed by atoms with Gasteiger partial charge in [-0.15, -0.1) is 0 Å². The third-order valence-electron chi connectivity index (χ3n) is 4.72. The smallest absolute Gasteiger partial charge is 0.259 e. The van der Waals surface area contributed by atoms with E-state index in [1.807, 2.05) is 0 Å². The first-order valence-corrected chi connectivity index (χ1v) is 10.7. The van der Waals surface area contributed by atoms with Gasteiger partial charge in [-0.1, -0.05) is 0 Å². The number of hydrogen-bond acceptors (Lipinski definition) is 7. The van der Waals surface area contributed by atoms with Crippen LogP contribution in [0.1, 0.15) is 10.4 Å². The predicted molar refractivity (Wildman–Crippen MR) is 113 cm³/mol. The molecule has 1 aliphatic rings. The van der Waals surface area contributed by atoms with Crippen molar-refractivity contribution in [3.63, 3.8) is 0 Å². The molecule has 2 aromatic carbocycles. The number of nitrogens with zero attached hydrogens (tertiary/aromatic N) is 1. The number of methoxy groups -OCH3 is 4. The summed E-state index contributed by atoms with van der Waals surface area (Å²) in [5, 5.41) is 1.14. The zero-order valence-corrected chi connectivity index (χ0v) is 17.9. The van der Waals surface area contributed by atoms with E-state index in [1.165, 1.54) is 44.4 Å². The highest BCUT2D eigenvalue weighted by Crippen LogP contribution is 2.39. The lowest BCUT2D eigenvalue weighted by Gasteiger charge is -2.28. The molecule has 0 unspecified atom stereocenters. The molecule has 8 nitrogen and oxygen atoms in total. The molecule has 9 heteroatoms. The molecule has 30 heavy (non-hydrogen) atoms. The van der Waals surface area contributed by atoms with Crippen LogP contribution in [-0.4, -0.2) is 54.6 Å². The Bertz CT molecular complexity index is 1040. The van der Waals surface area contributed by atoms with Gasteiger partial charge in [-0.2, -0.15) is 0 Å². The van der Waals surface area contributed by atoms with Crippen molar-refractivity contribution in [2.24, 2.45) is 0 Å². The summed E-state index contributed by atoms with van der Waals surface area (Å²) in [6.45, 7) is 0. The van der Waals surface area contributed by atoms with Crippen LogP contribution in [0.3, 0.4) is 0 Å². The number of anilines is 1. The van der Waals surface area contributed by atoms with E-state index in [4.69, 9.17) is 18.9 Å². The Hall–Kier alpha value is -3.20. The summed E-state index contributed by atoms with van der Waals surface area (Å²) in [6.07, 6.45) is 1.51. The Morgan fingerprint density at radius 2 is 1.53 bits per heavy atom. The second-order valence-corrected chi connectivity index (χ2v) is 8.44. The summed E-state index contributed by atoms with van der Waals surface area (Å²) in [4.78, 5) is 15.0. The number of amides is 1. The monoisotopic (exact) mass is 433 g/mol. The van der Waals surface area contributed by atoms with Crippen molar-refractivity contribution in [3.8, 4) is 23.0 Å². The topological polar surface area (TPSA) is 91.4 Å². The number of carbonyl (C=O) groups is 1. The van der Waals surface area contributed by atoms with Crippen LogP contribution in [0.4, 0.5) is 5.69 Å². The summed E-state index contributed by atoms with van der Waals surface area (Å²) in [5.74, 6) is 1.01. The summed E-state index contributed by atoms with van der Waals surface area (Å²) in [5.41, 5.74) is 0.791. The number of ether oxygens (including phenoxy) is 4. The van der Waals surface area contributed by atoms with Crippen LogP contribution in [0.25, 0.3) is 0 Å². The molecule has 0 bridgehead atoms. The zero-order valence-electron chi connectivity index (χ0n) is 17.1. The molecule has 0 aliphatic carbocycles. The summed E-state index contributed by atoms with van der Waals surface area (Å²) >= 11 is 0.